The van der Waals surface area contributed by atoms with Crippen LogP contribution in [0.2, 0.25) is 0 Å². The molecule has 1 aromatic heterocycles. The van der Waals surface area contributed by atoms with Gasteiger partial charge in [-0.05, 0) is 49.6 Å². The Morgan fingerprint density at radius 3 is 2.81 bits per heavy atom. The fourth-order valence-corrected chi connectivity index (χ4v) is 3.00. The molecule has 2 aromatic rings. The zero-order valence-electron chi connectivity index (χ0n) is 15.2. The number of nitrogens with one attached hydrogen (secondary N) is 2. The van der Waals surface area contributed by atoms with E-state index in [1.807, 2.05) is 24.3 Å². The normalized spacial score (nSPS) is 15.3. The SMILES string of the molecule is CC(NC(=O)c1ccco1)C(=O)NCc1cccc(N2CCCCC2=O)c1. The molecule has 0 radical (unpaired) electrons. The number of carbonyl (C=O) groups is 3. The number of anilines is 1. The van der Waals surface area contributed by atoms with Gasteiger partial charge in [0.2, 0.25) is 11.8 Å². The summed E-state index contributed by atoms with van der Waals surface area (Å²) in [5.41, 5.74) is 1.74. The smallest absolute Gasteiger partial charge is 0.287 e. The van der Waals surface area contributed by atoms with E-state index in [4.69, 9.17) is 4.42 Å². The average molecular weight is 369 g/mol. The molecule has 1 atom stereocenters. The number of rotatable bonds is 6. The van der Waals surface area contributed by atoms with E-state index in [-0.39, 0.29) is 17.6 Å². The minimum absolute atomic E-state index is 0.136. The van der Waals surface area contributed by atoms with Crippen molar-refractivity contribution in [1.82, 2.24) is 10.6 Å². The topological polar surface area (TPSA) is 91.7 Å². The van der Waals surface area contributed by atoms with Crippen LogP contribution in [0, 0.1) is 0 Å². The molecule has 1 unspecified atom stereocenters. The van der Waals surface area contributed by atoms with Gasteiger partial charge in [0.05, 0.1) is 6.26 Å². The molecule has 1 fully saturated rings. The summed E-state index contributed by atoms with van der Waals surface area (Å²) >= 11 is 0. The van der Waals surface area contributed by atoms with E-state index in [0.29, 0.717) is 13.0 Å². The summed E-state index contributed by atoms with van der Waals surface area (Å²) in [5.74, 6) is -0.437. The van der Waals surface area contributed by atoms with Gasteiger partial charge in [0, 0.05) is 25.2 Å². The van der Waals surface area contributed by atoms with Crippen LogP contribution in [0.5, 0.6) is 0 Å². The molecule has 2 N–H and O–H groups in total. The minimum atomic E-state index is -0.700. The summed E-state index contributed by atoms with van der Waals surface area (Å²) in [6, 6.07) is 10.0. The van der Waals surface area contributed by atoms with Crippen molar-refractivity contribution in [3.8, 4) is 0 Å². The molecule has 0 spiro atoms. The second-order valence-corrected chi connectivity index (χ2v) is 6.56. The van der Waals surface area contributed by atoms with Crippen molar-refractivity contribution in [3.05, 3.63) is 54.0 Å². The van der Waals surface area contributed by atoms with Crippen LogP contribution in [-0.2, 0) is 16.1 Å². The summed E-state index contributed by atoms with van der Waals surface area (Å²) in [7, 11) is 0. The molecule has 1 aromatic carbocycles. The van der Waals surface area contributed by atoms with Crippen molar-refractivity contribution in [2.45, 2.75) is 38.8 Å². The van der Waals surface area contributed by atoms with Crippen molar-refractivity contribution in [3.63, 3.8) is 0 Å². The molecular weight excluding hydrogens is 346 g/mol. The minimum Gasteiger partial charge on any atom is -0.459 e. The van der Waals surface area contributed by atoms with Gasteiger partial charge in [-0.1, -0.05) is 12.1 Å². The van der Waals surface area contributed by atoms with Crippen LogP contribution in [-0.4, -0.2) is 30.3 Å². The highest BCUT2D eigenvalue weighted by Crippen LogP contribution is 2.21. The number of hydrogen-bond donors (Lipinski definition) is 2. The maximum Gasteiger partial charge on any atom is 0.287 e. The molecular formula is C20H23N3O4. The zero-order chi connectivity index (χ0) is 19.2. The van der Waals surface area contributed by atoms with Gasteiger partial charge in [0.1, 0.15) is 6.04 Å². The monoisotopic (exact) mass is 369 g/mol. The van der Waals surface area contributed by atoms with E-state index in [2.05, 4.69) is 10.6 Å². The highest BCUT2D eigenvalue weighted by atomic mass is 16.3. The van der Waals surface area contributed by atoms with Crippen molar-refractivity contribution < 1.29 is 18.8 Å². The standard InChI is InChI=1S/C20H23N3O4/c1-14(22-20(26)17-8-5-11-27-17)19(25)21-13-15-6-4-7-16(12-15)23-10-3-2-9-18(23)24/h4-8,11-12,14H,2-3,9-10,13H2,1H3,(H,21,25)(H,22,26). The first-order valence-corrected chi connectivity index (χ1v) is 9.06. The second kappa shape index (κ2) is 8.53. The predicted molar refractivity (Wildman–Crippen MR) is 100 cm³/mol. The Bertz CT molecular complexity index is 816. The number of hydrogen-bond acceptors (Lipinski definition) is 4. The van der Waals surface area contributed by atoms with Gasteiger partial charge in [0.15, 0.2) is 5.76 Å². The number of piperidine rings is 1. The zero-order valence-corrected chi connectivity index (χ0v) is 15.2. The largest absolute Gasteiger partial charge is 0.459 e. The molecule has 1 aliphatic rings. The summed E-state index contributed by atoms with van der Waals surface area (Å²) in [4.78, 5) is 38.0. The molecule has 0 bridgehead atoms. The van der Waals surface area contributed by atoms with Crippen molar-refractivity contribution in [1.29, 1.82) is 0 Å². The summed E-state index contributed by atoms with van der Waals surface area (Å²) in [6.45, 7) is 2.65. The van der Waals surface area contributed by atoms with E-state index in [9.17, 15) is 14.4 Å². The van der Waals surface area contributed by atoms with Gasteiger partial charge in [-0.3, -0.25) is 14.4 Å². The maximum absolute atomic E-state index is 12.2. The third-order valence-electron chi connectivity index (χ3n) is 4.50. The van der Waals surface area contributed by atoms with Gasteiger partial charge >= 0.3 is 0 Å². The van der Waals surface area contributed by atoms with E-state index in [1.165, 1.54) is 12.3 Å². The lowest BCUT2D eigenvalue weighted by Gasteiger charge is -2.27. The Morgan fingerprint density at radius 2 is 2.07 bits per heavy atom. The highest BCUT2D eigenvalue weighted by molar-refractivity contribution is 5.95. The van der Waals surface area contributed by atoms with Crippen molar-refractivity contribution in [2.75, 3.05) is 11.4 Å². The van der Waals surface area contributed by atoms with Crippen LogP contribution in [0.1, 0.15) is 42.3 Å². The van der Waals surface area contributed by atoms with E-state index >= 15 is 0 Å². The van der Waals surface area contributed by atoms with Crippen LogP contribution >= 0.6 is 0 Å². The lowest BCUT2D eigenvalue weighted by Crippen LogP contribution is -2.44. The van der Waals surface area contributed by atoms with E-state index in [1.54, 1.807) is 17.9 Å². The number of carbonyl (C=O) groups excluding carboxylic acids is 3. The Morgan fingerprint density at radius 1 is 1.22 bits per heavy atom. The molecule has 7 heteroatoms. The van der Waals surface area contributed by atoms with Crippen LogP contribution in [0.25, 0.3) is 0 Å². The molecule has 142 valence electrons. The molecule has 1 saturated heterocycles. The lowest BCUT2D eigenvalue weighted by atomic mass is 10.1. The van der Waals surface area contributed by atoms with Crippen molar-refractivity contribution >= 4 is 23.4 Å². The Hall–Kier alpha value is -3.09. The third-order valence-corrected chi connectivity index (χ3v) is 4.50. The average Bonchev–Trinajstić information content (AvgIpc) is 3.21. The molecule has 27 heavy (non-hydrogen) atoms. The molecule has 3 amide bonds. The molecule has 0 saturated carbocycles. The van der Waals surface area contributed by atoms with Gasteiger partial charge in [0.25, 0.3) is 5.91 Å². The van der Waals surface area contributed by atoms with Crippen molar-refractivity contribution in [2.24, 2.45) is 0 Å². The van der Waals surface area contributed by atoms with Gasteiger partial charge in [-0.2, -0.15) is 0 Å². The molecule has 3 rings (SSSR count). The van der Waals surface area contributed by atoms with Gasteiger partial charge in [-0.25, -0.2) is 0 Å². The van der Waals surface area contributed by atoms with Gasteiger partial charge in [-0.15, -0.1) is 0 Å². The Kier molecular flexibility index (Phi) is 5.90. The van der Waals surface area contributed by atoms with Crippen LogP contribution in [0.3, 0.4) is 0 Å². The molecule has 1 aliphatic heterocycles. The molecule has 0 aliphatic carbocycles. The fraction of sp³-hybridized carbons (Fsp3) is 0.350. The fourth-order valence-electron chi connectivity index (χ4n) is 3.00. The van der Waals surface area contributed by atoms with Crippen LogP contribution in [0.15, 0.2) is 47.1 Å². The number of furan rings is 1. The highest BCUT2D eigenvalue weighted by Gasteiger charge is 2.20. The van der Waals surface area contributed by atoms with Gasteiger partial charge < -0.3 is 20.0 Å². The summed E-state index contributed by atoms with van der Waals surface area (Å²) < 4.78 is 5.01. The van der Waals surface area contributed by atoms with Crippen LogP contribution < -0.4 is 15.5 Å². The van der Waals surface area contributed by atoms with E-state index < -0.39 is 11.9 Å². The lowest BCUT2D eigenvalue weighted by molar-refractivity contribution is -0.122. The molecule has 2 heterocycles. The Balaban J connectivity index is 1.54. The summed E-state index contributed by atoms with van der Waals surface area (Å²) in [5, 5.41) is 5.39. The first-order chi connectivity index (χ1) is 13.0. The first kappa shape index (κ1) is 18.7. The third kappa shape index (κ3) is 4.75. The number of amides is 3. The predicted octanol–water partition coefficient (Wildman–Crippen LogP) is 2.23. The quantitative estimate of drug-likeness (QED) is 0.817. The Labute approximate surface area is 157 Å². The first-order valence-electron chi connectivity index (χ1n) is 9.06. The second-order valence-electron chi connectivity index (χ2n) is 6.56. The van der Waals surface area contributed by atoms with Crippen LogP contribution in [0.4, 0.5) is 5.69 Å². The number of benzene rings is 1. The summed E-state index contributed by atoms with van der Waals surface area (Å²) in [6.07, 6.45) is 3.92. The number of nitrogens with zero attached hydrogens (tertiary/aromatic N) is 1. The van der Waals surface area contributed by atoms with E-state index in [0.717, 1.165) is 30.6 Å². The maximum atomic E-state index is 12.2. The molecule has 7 nitrogen and oxygen atoms in total.